The lowest BCUT2D eigenvalue weighted by Crippen LogP contribution is -2.41. The molecular weight excluding hydrogens is 214 g/mol. The van der Waals surface area contributed by atoms with Gasteiger partial charge in [-0.1, -0.05) is 0 Å². The first-order valence-electron chi connectivity index (χ1n) is 6.08. The molecule has 2 heterocycles. The molecule has 4 nitrogen and oxygen atoms in total. The number of ether oxygens (including phenoxy) is 1. The van der Waals surface area contributed by atoms with Crippen LogP contribution >= 0.6 is 0 Å². The van der Waals surface area contributed by atoms with E-state index in [0.29, 0.717) is 6.04 Å². The zero-order valence-electron chi connectivity index (χ0n) is 10.9. The van der Waals surface area contributed by atoms with Gasteiger partial charge in [0, 0.05) is 24.8 Å². The van der Waals surface area contributed by atoms with Crippen molar-refractivity contribution in [3.63, 3.8) is 0 Å². The van der Waals surface area contributed by atoms with E-state index in [0.717, 1.165) is 32.0 Å². The number of hydrogen-bond acceptors (Lipinski definition) is 4. The molecule has 1 aromatic heterocycles. The predicted octanol–water partition coefficient (Wildman–Crippen LogP) is 1.16. The number of hydrogen-bond donors (Lipinski definition) is 0. The Balaban J connectivity index is 2.10. The fraction of sp³-hybridized carbons (Fsp3) is 0.615. The van der Waals surface area contributed by atoms with Crippen LogP contribution in [0.2, 0.25) is 0 Å². The molecule has 0 aromatic carbocycles. The topological polar surface area (TPSA) is 28.6 Å². The van der Waals surface area contributed by atoms with Crippen LogP contribution in [0.15, 0.2) is 18.3 Å². The second kappa shape index (κ2) is 5.47. The summed E-state index contributed by atoms with van der Waals surface area (Å²) >= 11 is 0. The van der Waals surface area contributed by atoms with Gasteiger partial charge in [0.15, 0.2) is 0 Å². The van der Waals surface area contributed by atoms with Crippen LogP contribution in [0, 0.1) is 6.92 Å². The van der Waals surface area contributed by atoms with E-state index in [-0.39, 0.29) is 0 Å². The number of likely N-dealkylation sites (N-methyl/N-ethyl adjacent to an activating group) is 1. The molecule has 4 heteroatoms. The Hall–Kier alpha value is -1.13. The van der Waals surface area contributed by atoms with E-state index in [9.17, 15) is 0 Å². The minimum atomic E-state index is 0.443. The van der Waals surface area contributed by atoms with Crippen LogP contribution in [-0.4, -0.2) is 56.3 Å². The van der Waals surface area contributed by atoms with Crippen molar-refractivity contribution < 1.29 is 4.74 Å². The molecule has 0 bridgehead atoms. The van der Waals surface area contributed by atoms with E-state index >= 15 is 0 Å². The average molecular weight is 235 g/mol. The molecule has 17 heavy (non-hydrogen) atoms. The molecule has 1 atom stereocenters. The molecule has 0 unspecified atom stereocenters. The Morgan fingerprint density at radius 1 is 1.41 bits per heavy atom. The van der Waals surface area contributed by atoms with Crippen molar-refractivity contribution in [2.45, 2.75) is 13.0 Å². The first-order chi connectivity index (χ1) is 8.16. The minimum absolute atomic E-state index is 0.443. The third kappa shape index (κ3) is 3.17. The molecule has 1 aliphatic rings. The molecule has 0 amide bonds. The maximum Gasteiger partial charge on any atom is 0.0642 e. The lowest BCUT2D eigenvalue weighted by atomic mass is 10.2. The lowest BCUT2D eigenvalue weighted by molar-refractivity contribution is 0.103. The van der Waals surface area contributed by atoms with Crippen LogP contribution in [0.1, 0.15) is 5.69 Å². The van der Waals surface area contributed by atoms with Crippen LogP contribution < -0.4 is 4.90 Å². The van der Waals surface area contributed by atoms with Crippen molar-refractivity contribution in [2.75, 3.05) is 45.3 Å². The SMILES string of the molecule is Cc1ccc(N2CCOC[C@@H](N(C)C)C2)cn1. The van der Waals surface area contributed by atoms with E-state index in [1.165, 1.54) is 5.69 Å². The second-order valence-electron chi connectivity index (χ2n) is 4.80. The molecule has 0 spiro atoms. The van der Waals surface area contributed by atoms with Crippen molar-refractivity contribution in [2.24, 2.45) is 0 Å². The predicted molar refractivity (Wildman–Crippen MR) is 69.5 cm³/mol. The third-order valence-electron chi connectivity index (χ3n) is 3.24. The van der Waals surface area contributed by atoms with E-state index in [2.05, 4.69) is 41.0 Å². The van der Waals surface area contributed by atoms with Crippen molar-refractivity contribution in [3.8, 4) is 0 Å². The third-order valence-corrected chi connectivity index (χ3v) is 3.24. The highest BCUT2D eigenvalue weighted by atomic mass is 16.5. The van der Waals surface area contributed by atoms with E-state index in [1.807, 2.05) is 13.1 Å². The van der Waals surface area contributed by atoms with Gasteiger partial charge in [0.25, 0.3) is 0 Å². The fourth-order valence-corrected chi connectivity index (χ4v) is 1.99. The number of rotatable bonds is 2. The van der Waals surface area contributed by atoms with Gasteiger partial charge in [-0.3, -0.25) is 4.98 Å². The zero-order valence-corrected chi connectivity index (χ0v) is 10.9. The summed E-state index contributed by atoms with van der Waals surface area (Å²) in [6.45, 7) is 5.55. The highest BCUT2D eigenvalue weighted by Crippen LogP contribution is 2.16. The Kier molecular flexibility index (Phi) is 3.97. The van der Waals surface area contributed by atoms with Gasteiger partial charge in [0.05, 0.1) is 25.1 Å². The number of nitrogens with zero attached hydrogens (tertiary/aromatic N) is 3. The molecule has 1 saturated heterocycles. The highest BCUT2D eigenvalue weighted by molar-refractivity contribution is 5.44. The monoisotopic (exact) mass is 235 g/mol. The average Bonchev–Trinajstić information content (AvgIpc) is 2.55. The summed E-state index contributed by atoms with van der Waals surface area (Å²) in [4.78, 5) is 8.93. The number of anilines is 1. The van der Waals surface area contributed by atoms with Gasteiger partial charge < -0.3 is 14.5 Å². The van der Waals surface area contributed by atoms with Crippen molar-refractivity contribution >= 4 is 5.69 Å². The molecule has 1 fully saturated rings. The maximum absolute atomic E-state index is 5.64. The summed E-state index contributed by atoms with van der Waals surface area (Å²) in [5.41, 5.74) is 2.25. The normalized spacial score (nSPS) is 21.6. The second-order valence-corrected chi connectivity index (χ2v) is 4.80. The van der Waals surface area contributed by atoms with Gasteiger partial charge in [-0.2, -0.15) is 0 Å². The van der Waals surface area contributed by atoms with E-state index in [1.54, 1.807) is 0 Å². The van der Waals surface area contributed by atoms with Gasteiger partial charge in [0.2, 0.25) is 0 Å². The summed E-state index contributed by atoms with van der Waals surface area (Å²) in [7, 11) is 4.20. The van der Waals surface area contributed by atoms with Gasteiger partial charge in [-0.05, 0) is 33.2 Å². The van der Waals surface area contributed by atoms with E-state index < -0.39 is 0 Å². The number of aromatic nitrogens is 1. The Morgan fingerprint density at radius 3 is 2.88 bits per heavy atom. The van der Waals surface area contributed by atoms with Crippen LogP contribution in [0.5, 0.6) is 0 Å². The molecule has 0 radical (unpaired) electrons. The molecule has 2 rings (SSSR count). The molecule has 0 aliphatic carbocycles. The largest absolute Gasteiger partial charge is 0.378 e. The minimum Gasteiger partial charge on any atom is -0.378 e. The van der Waals surface area contributed by atoms with Gasteiger partial charge in [-0.15, -0.1) is 0 Å². The smallest absolute Gasteiger partial charge is 0.0642 e. The molecule has 0 N–H and O–H groups in total. The Labute approximate surface area is 103 Å². The first-order valence-corrected chi connectivity index (χ1v) is 6.08. The molecule has 94 valence electrons. The standard InChI is InChI=1S/C13H21N3O/c1-11-4-5-12(8-14-11)16-6-7-17-10-13(9-16)15(2)3/h4-5,8,13H,6-7,9-10H2,1-3H3/t13-/m0/s1. The fourth-order valence-electron chi connectivity index (χ4n) is 1.99. The summed E-state index contributed by atoms with van der Waals surface area (Å²) in [6.07, 6.45) is 1.95. The van der Waals surface area contributed by atoms with Gasteiger partial charge in [-0.25, -0.2) is 0 Å². The van der Waals surface area contributed by atoms with Crippen LogP contribution in [-0.2, 0) is 4.74 Å². The molecular formula is C13H21N3O. The number of pyridine rings is 1. The van der Waals surface area contributed by atoms with Gasteiger partial charge in [0.1, 0.15) is 0 Å². The van der Waals surface area contributed by atoms with Crippen LogP contribution in [0.4, 0.5) is 5.69 Å². The summed E-state index contributed by atoms with van der Waals surface area (Å²) < 4.78 is 5.64. The van der Waals surface area contributed by atoms with Crippen molar-refractivity contribution in [3.05, 3.63) is 24.0 Å². The van der Waals surface area contributed by atoms with Crippen molar-refractivity contribution in [1.82, 2.24) is 9.88 Å². The molecule has 0 saturated carbocycles. The lowest BCUT2D eigenvalue weighted by Gasteiger charge is -2.28. The summed E-state index contributed by atoms with van der Waals surface area (Å²) in [5.74, 6) is 0. The molecule has 1 aromatic rings. The zero-order chi connectivity index (χ0) is 12.3. The van der Waals surface area contributed by atoms with Crippen LogP contribution in [0.3, 0.4) is 0 Å². The maximum atomic E-state index is 5.64. The van der Waals surface area contributed by atoms with Crippen molar-refractivity contribution in [1.29, 1.82) is 0 Å². The Bertz CT molecular complexity index is 350. The molecule has 1 aliphatic heterocycles. The number of aryl methyl sites for hydroxylation is 1. The van der Waals surface area contributed by atoms with E-state index in [4.69, 9.17) is 4.74 Å². The van der Waals surface area contributed by atoms with Gasteiger partial charge >= 0.3 is 0 Å². The Morgan fingerprint density at radius 2 is 2.24 bits per heavy atom. The summed E-state index contributed by atoms with van der Waals surface area (Å²) in [5, 5.41) is 0. The highest BCUT2D eigenvalue weighted by Gasteiger charge is 2.20. The van der Waals surface area contributed by atoms with Crippen LogP contribution in [0.25, 0.3) is 0 Å². The summed E-state index contributed by atoms with van der Waals surface area (Å²) in [6, 6.07) is 4.64. The quantitative estimate of drug-likeness (QED) is 0.769. The first kappa shape index (κ1) is 12.3.